The number of hydrogen-bond acceptors (Lipinski definition) is 18. The Kier molecular flexibility index (Phi) is 8.95. The first-order chi connectivity index (χ1) is 17.4. The van der Waals surface area contributed by atoms with Gasteiger partial charge in [0.15, 0.2) is 0 Å². The molecule has 0 aromatic carbocycles. The summed E-state index contributed by atoms with van der Waals surface area (Å²) >= 11 is -4.87. The van der Waals surface area contributed by atoms with Crippen molar-refractivity contribution >= 4 is 39.4 Å². The number of carbonyl (C=O) groups excluding carboxylic acids is 3. The summed E-state index contributed by atoms with van der Waals surface area (Å²) in [5.41, 5.74) is 0. The third-order valence-electron chi connectivity index (χ3n) is 4.89. The van der Waals surface area contributed by atoms with Gasteiger partial charge in [-0.15, -0.1) is 0 Å². The van der Waals surface area contributed by atoms with Crippen molar-refractivity contribution in [3.63, 3.8) is 0 Å². The third-order valence-corrected chi connectivity index (χ3v) is 7.85. The van der Waals surface area contributed by atoms with E-state index in [9.17, 15) is 60.3 Å². The van der Waals surface area contributed by atoms with Crippen molar-refractivity contribution in [2.24, 2.45) is 0 Å². The first kappa shape index (κ1) is 28.6. The Bertz CT molecular complexity index is 905. The second-order valence-corrected chi connectivity index (χ2v) is 10.2. The van der Waals surface area contributed by atoms with Crippen molar-refractivity contribution < 1.29 is 83.6 Å². The molecule has 0 aliphatic carbocycles. The molecule has 19 heteroatoms. The van der Waals surface area contributed by atoms with E-state index in [1.807, 2.05) is 0 Å². The van der Waals surface area contributed by atoms with Gasteiger partial charge in [0.25, 0.3) is 0 Å². The molecule has 0 radical (unpaired) electrons. The predicted octanol–water partition coefficient (Wildman–Crippen LogP) is -4.83. The van der Waals surface area contributed by atoms with Gasteiger partial charge in [-0.05, 0) is 0 Å². The van der Waals surface area contributed by atoms with Gasteiger partial charge in [-0.2, -0.15) is 0 Å². The fourth-order valence-corrected chi connectivity index (χ4v) is 6.33. The SMILES string of the molecule is O=C1O[C@H]([C@@H](O)CO)C([O][Sb]([O]C2=C(O)C(=O)O[C@@H]2[C@@H](O)CO)[O]C2=C(O)C(=O)O[C@@H]2[C@@H](O)CO)=C1O. The van der Waals surface area contributed by atoms with Gasteiger partial charge in [0.2, 0.25) is 0 Å². The van der Waals surface area contributed by atoms with Crippen LogP contribution >= 0.6 is 0 Å². The predicted molar refractivity (Wildman–Crippen MR) is 107 cm³/mol. The van der Waals surface area contributed by atoms with Gasteiger partial charge in [0.05, 0.1) is 0 Å². The summed E-state index contributed by atoms with van der Waals surface area (Å²) in [4.78, 5) is 35.5. The van der Waals surface area contributed by atoms with Crippen molar-refractivity contribution in [1.82, 2.24) is 0 Å². The van der Waals surface area contributed by atoms with Crippen molar-refractivity contribution in [2.75, 3.05) is 19.8 Å². The monoisotopic (exact) mass is 646 g/mol. The van der Waals surface area contributed by atoms with Gasteiger partial charge in [-0.3, -0.25) is 0 Å². The molecule has 3 rings (SSSR count). The van der Waals surface area contributed by atoms with E-state index >= 15 is 0 Å². The van der Waals surface area contributed by atoms with Crippen LogP contribution in [0.4, 0.5) is 0 Å². The third kappa shape index (κ3) is 5.64. The fourth-order valence-electron chi connectivity index (χ4n) is 3.01. The quantitative estimate of drug-likeness (QED) is 0.0545. The molecule has 3 aliphatic rings. The molecule has 9 N–H and O–H groups in total. The van der Waals surface area contributed by atoms with Crippen LogP contribution in [0.25, 0.3) is 0 Å². The van der Waals surface area contributed by atoms with E-state index in [4.69, 9.17) is 23.3 Å². The van der Waals surface area contributed by atoms with Crippen LogP contribution in [-0.4, -0.2) is 142 Å². The van der Waals surface area contributed by atoms with E-state index in [-0.39, 0.29) is 0 Å². The summed E-state index contributed by atoms with van der Waals surface area (Å²) in [5, 5.41) is 87.6. The zero-order valence-electron chi connectivity index (χ0n) is 18.2. The molecule has 0 aromatic rings. The first-order valence-electron chi connectivity index (χ1n) is 10.1. The molecule has 0 saturated heterocycles. The molecule has 0 saturated carbocycles. The maximum absolute atomic E-state index is 11.8. The summed E-state index contributed by atoms with van der Waals surface area (Å²) < 4.78 is 30.3. The zero-order valence-corrected chi connectivity index (χ0v) is 20.8. The average Bonchev–Trinajstić information content (AvgIpc) is 3.44. The van der Waals surface area contributed by atoms with Crippen molar-refractivity contribution in [1.29, 1.82) is 0 Å². The van der Waals surface area contributed by atoms with Crippen LogP contribution in [0.2, 0.25) is 0 Å². The molecule has 0 bridgehead atoms. The Hall–Kier alpha value is -2.99. The molecule has 0 fully saturated rings. The van der Waals surface area contributed by atoms with Gasteiger partial charge in [-0.25, -0.2) is 0 Å². The summed E-state index contributed by atoms with van der Waals surface area (Å²) in [6, 6.07) is 0. The van der Waals surface area contributed by atoms with Gasteiger partial charge < -0.3 is 0 Å². The molecule has 6 atom stereocenters. The number of rotatable bonds is 12. The minimum atomic E-state index is -4.87. The molecule has 0 unspecified atom stereocenters. The number of aliphatic hydroxyl groups is 9. The molecular formula is C18H21O18Sb. The summed E-state index contributed by atoms with van der Waals surface area (Å²) in [6.45, 7) is -2.97. The van der Waals surface area contributed by atoms with Crippen LogP contribution in [0, 0.1) is 0 Å². The van der Waals surface area contributed by atoms with E-state index in [2.05, 4.69) is 0 Å². The fraction of sp³-hybridized carbons (Fsp3) is 0.500. The van der Waals surface area contributed by atoms with Crippen LogP contribution in [-0.2, 0) is 37.6 Å². The normalized spacial score (nSPS) is 26.4. The molecule has 0 spiro atoms. The topological polar surface area (TPSA) is 289 Å². The number of carbonyl (C=O) groups is 3. The summed E-state index contributed by atoms with van der Waals surface area (Å²) in [7, 11) is 0. The standard InChI is InChI=1S/3C6H8O6.Sb/c3*7-1-2(8)5-3(9)4(10)6(11)12-5;/h3*2,5,7-10H,1H2;/q;;;+3/p-3/t3*2-,5+;/m000./s1. The molecular weight excluding hydrogens is 626 g/mol. The van der Waals surface area contributed by atoms with Crippen LogP contribution < -0.4 is 0 Å². The molecule has 37 heavy (non-hydrogen) atoms. The number of aliphatic hydroxyl groups excluding tert-OH is 9. The summed E-state index contributed by atoms with van der Waals surface area (Å²) in [6.07, 6.45) is -11.0. The van der Waals surface area contributed by atoms with Crippen LogP contribution in [0.15, 0.2) is 34.6 Å². The molecule has 0 amide bonds. The molecule has 206 valence electrons. The van der Waals surface area contributed by atoms with E-state index < -0.39 is 130 Å². The van der Waals surface area contributed by atoms with Gasteiger partial charge in [0.1, 0.15) is 0 Å². The van der Waals surface area contributed by atoms with Crippen LogP contribution in [0.1, 0.15) is 0 Å². The Morgan fingerprint density at radius 3 is 1.05 bits per heavy atom. The van der Waals surface area contributed by atoms with E-state index in [0.29, 0.717) is 0 Å². The van der Waals surface area contributed by atoms with Gasteiger partial charge >= 0.3 is 214 Å². The Morgan fingerprint density at radius 1 is 0.595 bits per heavy atom. The van der Waals surface area contributed by atoms with Crippen LogP contribution in [0.3, 0.4) is 0 Å². The minimum absolute atomic E-state index is 0.858. The second kappa shape index (κ2) is 11.6. The van der Waals surface area contributed by atoms with Crippen molar-refractivity contribution in [2.45, 2.75) is 36.6 Å². The number of ether oxygens (including phenoxy) is 3. The van der Waals surface area contributed by atoms with E-state index in [0.717, 1.165) is 0 Å². The number of hydrogen-bond donors (Lipinski definition) is 9. The second-order valence-electron chi connectivity index (χ2n) is 7.36. The average molecular weight is 647 g/mol. The molecule has 3 aliphatic heterocycles. The number of cyclic esters (lactones) is 3. The van der Waals surface area contributed by atoms with Gasteiger partial charge in [0, 0.05) is 0 Å². The van der Waals surface area contributed by atoms with Crippen molar-refractivity contribution in [3.05, 3.63) is 34.6 Å². The number of esters is 3. The Balaban J connectivity index is 2.02. The van der Waals surface area contributed by atoms with Crippen molar-refractivity contribution in [3.8, 4) is 0 Å². The summed E-state index contributed by atoms with van der Waals surface area (Å²) in [5.74, 6) is -10.4. The molecule has 0 aromatic heterocycles. The first-order valence-corrected chi connectivity index (χ1v) is 13.2. The van der Waals surface area contributed by atoms with Gasteiger partial charge in [-0.1, -0.05) is 0 Å². The van der Waals surface area contributed by atoms with E-state index in [1.54, 1.807) is 0 Å². The Morgan fingerprint density at radius 2 is 0.838 bits per heavy atom. The van der Waals surface area contributed by atoms with E-state index in [1.165, 1.54) is 0 Å². The molecule has 3 heterocycles. The Labute approximate surface area is 214 Å². The molecule has 18 nitrogen and oxygen atoms in total. The van der Waals surface area contributed by atoms with Crippen LogP contribution in [0.5, 0.6) is 0 Å². The zero-order chi connectivity index (χ0) is 27.6. The maximum atomic E-state index is 11.8.